The molecule has 2 N–H and O–H groups in total. The summed E-state index contributed by atoms with van der Waals surface area (Å²) < 4.78 is 0. The summed E-state index contributed by atoms with van der Waals surface area (Å²) in [6.07, 6.45) is 2.79. The van der Waals surface area contributed by atoms with Crippen LogP contribution in [0.2, 0.25) is 0 Å². The van der Waals surface area contributed by atoms with Crippen LogP contribution in [0.15, 0.2) is 30.5 Å². The molecule has 0 aliphatic heterocycles. The SMILES string of the molecule is CCc1cnc(CNC(=O)c2ccccc2C#CCO)s1. The van der Waals surface area contributed by atoms with Crippen molar-refractivity contribution in [2.45, 2.75) is 19.9 Å². The van der Waals surface area contributed by atoms with E-state index in [4.69, 9.17) is 5.11 Å². The van der Waals surface area contributed by atoms with Gasteiger partial charge in [0.05, 0.1) is 12.1 Å². The van der Waals surface area contributed by atoms with Gasteiger partial charge in [0.15, 0.2) is 0 Å². The highest BCUT2D eigenvalue weighted by molar-refractivity contribution is 7.11. The molecule has 0 saturated carbocycles. The third-order valence-electron chi connectivity index (χ3n) is 2.82. The Labute approximate surface area is 127 Å². The van der Waals surface area contributed by atoms with Gasteiger partial charge >= 0.3 is 0 Å². The lowest BCUT2D eigenvalue weighted by Gasteiger charge is -2.05. The van der Waals surface area contributed by atoms with Crippen molar-refractivity contribution in [1.29, 1.82) is 0 Å². The zero-order valence-corrected chi connectivity index (χ0v) is 12.5. The summed E-state index contributed by atoms with van der Waals surface area (Å²) in [7, 11) is 0. The summed E-state index contributed by atoms with van der Waals surface area (Å²) >= 11 is 1.60. The van der Waals surface area contributed by atoms with Crippen LogP contribution in [0.1, 0.15) is 32.7 Å². The number of rotatable bonds is 4. The highest BCUT2D eigenvalue weighted by Gasteiger charge is 2.10. The van der Waals surface area contributed by atoms with Gasteiger partial charge < -0.3 is 10.4 Å². The standard InChI is InChI=1S/C16H16N2O2S/c1-2-13-10-17-15(21-13)11-18-16(20)14-8-4-3-6-12(14)7-5-9-19/h3-4,6,8,10,19H,2,9,11H2,1H3,(H,18,20). The molecule has 4 nitrogen and oxygen atoms in total. The fourth-order valence-electron chi connectivity index (χ4n) is 1.77. The predicted molar refractivity (Wildman–Crippen MR) is 83.1 cm³/mol. The van der Waals surface area contributed by atoms with Crippen molar-refractivity contribution < 1.29 is 9.90 Å². The maximum Gasteiger partial charge on any atom is 0.252 e. The van der Waals surface area contributed by atoms with E-state index in [2.05, 4.69) is 29.1 Å². The monoisotopic (exact) mass is 300 g/mol. The van der Waals surface area contributed by atoms with Crippen molar-refractivity contribution >= 4 is 17.2 Å². The molecule has 0 radical (unpaired) electrons. The molecule has 5 heteroatoms. The Balaban J connectivity index is 2.06. The maximum atomic E-state index is 12.2. The van der Waals surface area contributed by atoms with Crippen molar-refractivity contribution in [3.63, 3.8) is 0 Å². The largest absolute Gasteiger partial charge is 0.384 e. The molecule has 0 aliphatic carbocycles. The van der Waals surface area contributed by atoms with E-state index >= 15 is 0 Å². The van der Waals surface area contributed by atoms with E-state index in [0.717, 1.165) is 11.4 Å². The zero-order valence-electron chi connectivity index (χ0n) is 11.7. The Morgan fingerprint density at radius 1 is 1.43 bits per heavy atom. The smallest absolute Gasteiger partial charge is 0.252 e. The number of thiazole rings is 1. The first-order chi connectivity index (χ1) is 10.2. The lowest BCUT2D eigenvalue weighted by atomic mass is 10.1. The number of nitrogens with zero attached hydrogens (tertiary/aromatic N) is 1. The minimum Gasteiger partial charge on any atom is -0.384 e. The first kappa shape index (κ1) is 15.2. The van der Waals surface area contributed by atoms with Crippen molar-refractivity contribution in [2.75, 3.05) is 6.61 Å². The predicted octanol–water partition coefficient (Wildman–Crippen LogP) is 1.98. The number of hydrogen-bond acceptors (Lipinski definition) is 4. The molecule has 0 unspecified atom stereocenters. The number of aromatic nitrogens is 1. The molecule has 1 heterocycles. The van der Waals surface area contributed by atoms with Crippen LogP contribution in [0, 0.1) is 11.8 Å². The molecular formula is C16H16N2O2S. The summed E-state index contributed by atoms with van der Waals surface area (Å²) in [5, 5.41) is 12.5. The Kier molecular flexibility index (Phi) is 5.50. The lowest BCUT2D eigenvalue weighted by Crippen LogP contribution is -2.23. The highest BCUT2D eigenvalue weighted by atomic mass is 32.1. The topological polar surface area (TPSA) is 62.2 Å². The van der Waals surface area contributed by atoms with Gasteiger partial charge in [0.2, 0.25) is 0 Å². The first-order valence-corrected chi connectivity index (χ1v) is 7.46. The van der Waals surface area contributed by atoms with E-state index in [1.165, 1.54) is 4.88 Å². The number of benzene rings is 1. The molecule has 0 aliphatic rings. The summed E-state index contributed by atoms with van der Waals surface area (Å²) in [4.78, 5) is 17.7. The van der Waals surface area contributed by atoms with Gasteiger partial charge in [-0.15, -0.1) is 11.3 Å². The van der Waals surface area contributed by atoms with Crippen molar-refractivity contribution in [1.82, 2.24) is 10.3 Å². The molecule has 21 heavy (non-hydrogen) atoms. The van der Waals surface area contributed by atoms with Crippen LogP contribution >= 0.6 is 11.3 Å². The molecule has 1 aromatic carbocycles. The van der Waals surface area contributed by atoms with Crippen molar-refractivity contribution in [3.05, 3.63) is 51.5 Å². The Bertz CT molecular complexity index is 683. The first-order valence-electron chi connectivity index (χ1n) is 6.65. The Morgan fingerprint density at radius 2 is 2.24 bits per heavy atom. The fourth-order valence-corrected chi connectivity index (χ4v) is 2.57. The van der Waals surface area contributed by atoms with Crippen LogP contribution in [0.25, 0.3) is 0 Å². The van der Waals surface area contributed by atoms with Gasteiger partial charge in [-0.3, -0.25) is 4.79 Å². The molecule has 0 spiro atoms. The van der Waals surface area contributed by atoms with Crippen LogP contribution in [0.4, 0.5) is 0 Å². The van der Waals surface area contributed by atoms with E-state index in [1.54, 1.807) is 29.5 Å². The summed E-state index contributed by atoms with van der Waals surface area (Å²) in [5.74, 6) is 5.15. The number of aliphatic hydroxyl groups excluding tert-OH is 1. The number of aryl methyl sites for hydroxylation is 1. The van der Waals surface area contributed by atoms with Crippen molar-refractivity contribution in [3.8, 4) is 11.8 Å². The van der Waals surface area contributed by atoms with Crippen LogP contribution in [-0.4, -0.2) is 22.6 Å². The minimum absolute atomic E-state index is 0.189. The van der Waals surface area contributed by atoms with Gasteiger partial charge in [0.1, 0.15) is 11.6 Å². The van der Waals surface area contributed by atoms with Crippen LogP contribution in [-0.2, 0) is 13.0 Å². The van der Waals surface area contributed by atoms with Crippen LogP contribution < -0.4 is 5.32 Å². The highest BCUT2D eigenvalue weighted by Crippen LogP contribution is 2.13. The summed E-state index contributed by atoms with van der Waals surface area (Å²) in [5.41, 5.74) is 1.11. The molecule has 108 valence electrons. The van der Waals surface area contributed by atoms with Crippen molar-refractivity contribution in [2.24, 2.45) is 0 Å². The summed E-state index contributed by atoms with van der Waals surface area (Å²) in [6.45, 7) is 2.26. The zero-order chi connectivity index (χ0) is 15.1. The minimum atomic E-state index is -0.227. The van der Waals surface area contributed by atoms with Crippen LogP contribution in [0.5, 0.6) is 0 Å². The second-order valence-electron chi connectivity index (χ2n) is 4.26. The van der Waals surface area contributed by atoms with Gasteiger partial charge in [-0.25, -0.2) is 4.98 Å². The Morgan fingerprint density at radius 3 is 2.95 bits per heavy atom. The Hall–Kier alpha value is -2.16. The quantitative estimate of drug-likeness (QED) is 0.849. The average Bonchev–Trinajstić information content (AvgIpc) is 2.99. The molecule has 1 amide bonds. The number of aliphatic hydroxyl groups is 1. The van der Waals surface area contributed by atoms with Gasteiger partial charge in [-0.1, -0.05) is 30.9 Å². The second-order valence-corrected chi connectivity index (χ2v) is 5.46. The molecule has 0 saturated heterocycles. The molecule has 0 fully saturated rings. The molecule has 1 aromatic heterocycles. The van der Waals surface area contributed by atoms with Gasteiger partial charge in [0.25, 0.3) is 5.91 Å². The number of carbonyl (C=O) groups is 1. The lowest BCUT2D eigenvalue weighted by molar-refractivity contribution is 0.0950. The molecule has 0 atom stereocenters. The average molecular weight is 300 g/mol. The molecule has 2 rings (SSSR count). The number of nitrogens with one attached hydrogen (secondary N) is 1. The summed E-state index contributed by atoms with van der Waals surface area (Å²) in [6, 6.07) is 7.08. The maximum absolute atomic E-state index is 12.2. The van der Waals surface area contributed by atoms with Crippen LogP contribution in [0.3, 0.4) is 0 Å². The third kappa shape index (κ3) is 4.15. The number of amides is 1. The normalized spacial score (nSPS) is 9.81. The fraction of sp³-hybridized carbons (Fsp3) is 0.250. The van der Waals surface area contributed by atoms with E-state index < -0.39 is 0 Å². The van der Waals surface area contributed by atoms with Gasteiger partial charge in [-0.05, 0) is 18.6 Å². The van der Waals surface area contributed by atoms with E-state index in [9.17, 15) is 4.79 Å². The van der Waals surface area contributed by atoms with E-state index in [-0.39, 0.29) is 12.5 Å². The second kappa shape index (κ2) is 7.58. The van der Waals surface area contributed by atoms with E-state index in [1.807, 2.05) is 12.3 Å². The van der Waals surface area contributed by atoms with E-state index in [0.29, 0.717) is 17.7 Å². The third-order valence-corrected chi connectivity index (χ3v) is 3.97. The number of carbonyl (C=O) groups excluding carboxylic acids is 1. The van der Waals surface area contributed by atoms with Gasteiger partial charge in [0, 0.05) is 16.6 Å². The molecular weight excluding hydrogens is 284 g/mol. The molecule has 2 aromatic rings. The number of hydrogen-bond donors (Lipinski definition) is 2. The van der Waals surface area contributed by atoms with Gasteiger partial charge in [-0.2, -0.15) is 0 Å². The molecule has 0 bridgehead atoms.